The van der Waals surface area contributed by atoms with Gasteiger partial charge in [-0.2, -0.15) is 5.10 Å². The van der Waals surface area contributed by atoms with Crippen molar-refractivity contribution in [1.82, 2.24) is 19.7 Å². The number of aromatic nitrogens is 3. The summed E-state index contributed by atoms with van der Waals surface area (Å²) in [6.07, 6.45) is 5.19. The summed E-state index contributed by atoms with van der Waals surface area (Å²) >= 11 is 0. The first-order valence-corrected chi connectivity index (χ1v) is 11.4. The van der Waals surface area contributed by atoms with Gasteiger partial charge in [0.05, 0.1) is 31.3 Å². The van der Waals surface area contributed by atoms with Crippen LogP contribution < -0.4 is 15.0 Å². The number of hydrogen-bond acceptors (Lipinski definition) is 5. The number of aryl methyl sites for hydroxylation is 1. The van der Waals surface area contributed by atoms with Crippen LogP contribution in [0, 0.1) is 6.92 Å². The molecule has 1 spiro atoms. The quantitative estimate of drug-likeness (QED) is 0.643. The van der Waals surface area contributed by atoms with Gasteiger partial charge >= 0.3 is 6.03 Å². The zero-order valence-electron chi connectivity index (χ0n) is 19.4. The first-order valence-electron chi connectivity index (χ1n) is 11.4. The van der Waals surface area contributed by atoms with Crippen LogP contribution in [0.3, 0.4) is 0 Å². The first kappa shape index (κ1) is 21.9. The number of carbonyl (C=O) groups is 2. The van der Waals surface area contributed by atoms with Gasteiger partial charge in [-0.15, -0.1) is 0 Å². The number of carbonyl (C=O) groups excluding carboxylic acids is 2. The lowest BCUT2D eigenvalue weighted by molar-refractivity contribution is -0.123. The highest BCUT2D eigenvalue weighted by Crippen LogP contribution is 2.42. The highest BCUT2D eigenvalue weighted by Gasteiger charge is 2.46. The van der Waals surface area contributed by atoms with Crippen molar-refractivity contribution in [2.75, 3.05) is 30.4 Å². The molecular formula is C25H28N6O3. The van der Waals surface area contributed by atoms with Crippen LogP contribution in [-0.4, -0.2) is 51.8 Å². The predicted octanol–water partition coefficient (Wildman–Crippen LogP) is 3.56. The van der Waals surface area contributed by atoms with Crippen molar-refractivity contribution >= 4 is 23.4 Å². The Kier molecular flexibility index (Phi) is 5.69. The van der Waals surface area contributed by atoms with Crippen LogP contribution in [0.15, 0.2) is 54.9 Å². The number of anilines is 2. The Morgan fingerprint density at radius 2 is 1.82 bits per heavy atom. The van der Waals surface area contributed by atoms with Crippen molar-refractivity contribution in [3.05, 3.63) is 66.1 Å². The Morgan fingerprint density at radius 1 is 1.12 bits per heavy atom. The maximum absolute atomic E-state index is 13.3. The minimum atomic E-state index is -0.410. The lowest BCUT2D eigenvalue weighted by Gasteiger charge is -2.46. The highest BCUT2D eigenvalue weighted by atomic mass is 16.5. The molecule has 1 aromatic carbocycles. The standard InChI is InChI=1S/C25H28N6O3/c1-18-15-22-30(17-19-7-11-26-12-8-19)23(32)16-25(31(22)28-18)9-13-29(14-10-25)24(33)27-20-3-5-21(34-2)6-4-20/h3-8,11-12,15H,9-10,13-14,16-17H2,1-2H3,(H,27,33). The number of methoxy groups -OCH3 is 1. The number of urea groups is 1. The van der Waals surface area contributed by atoms with Gasteiger partial charge in [-0.1, -0.05) is 0 Å². The van der Waals surface area contributed by atoms with Crippen LogP contribution >= 0.6 is 0 Å². The molecule has 1 N–H and O–H groups in total. The Bertz CT molecular complexity index is 1180. The van der Waals surface area contributed by atoms with E-state index in [2.05, 4.69) is 10.3 Å². The van der Waals surface area contributed by atoms with Crippen LogP contribution in [-0.2, 0) is 16.9 Å². The molecular weight excluding hydrogens is 432 g/mol. The second-order valence-electron chi connectivity index (χ2n) is 8.94. The van der Waals surface area contributed by atoms with Crippen LogP contribution in [0.5, 0.6) is 5.75 Å². The summed E-state index contributed by atoms with van der Waals surface area (Å²) in [5, 5.41) is 7.74. The third kappa shape index (κ3) is 4.09. The van der Waals surface area contributed by atoms with Gasteiger partial charge in [0.1, 0.15) is 11.6 Å². The highest BCUT2D eigenvalue weighted by molar-refractivity contribution is 5.95. The fourth-order valence-electron chi connectivity index (χ4n) is 4.84. The Balaban J connectivity index is 1.31. The van der Waals surface area contributed by atoms with E-state index in [1.807, 2.05) is 59.0 Å². The average molecular weight is 461 g/mol. The molecule has 0 unspecified atom stereocenters. The molecule has 0 bridgehead atoms. The topological polar surface area (TPSA) is 92.6 Å². The number of ether oxygens (including phenoxy) is 1. The molecule has 9 nitrogen and oxygen atoms in total. The van der Waals surface area contributed by atoms with Crippen LogP contribution in [0.4, 0.5) is 16.3 Å². The molecule has 2 aliphatic heterocycles. The van der Waals surface area contributed by atoms with Gasteiger partial charge in [0.15, 0.2) is 0 Å². The molecule has 9 heteroatoms. The van der Waals surface area contributed by atoms with Crippen molar-refractivity contribution in [3.8, 4) is 5.75 Å². The lowest BCUT2D eigenvalue weighted by Crippen LogP contribution is -2.55. The summed E-state index contributed by atoms with van der Waals surface area (Å²) < 4.78 is 7.20. The number of nitrogens with zero attached hydrogens (tertiary/aromatic N) is 5. The third-order valence-corrected chi connectivity index (χ3v) is 6.73. The van der Waals surface area contributed by atoms with Gasteiger partial charge in [-0.25, -0.2) is 9.48 Å². The van der Waals surface area contributed by atoms with Gasteiger partial charge in [-0.05, 0) is 61.7 Å². The third-order valence-electron chi connectivity index (χ3n) is 6.73. The maximum Gasteiger partial charge on any atom is 0.321 e. The van der Waals surface area contributed by atoms with Crippen molar-refractivity contribution < 1.29 is 14.3 Å². The van der Waals surface area contributed by atoms with Gasteiger partial charge in [0.25, 0.3) is 0 Å². The van der Waals surface area contributed by atoms with Crippen LogP contribution in [0.25, 0.3) is 0 Å². The van der Waals surface area contributed by atoms with Crippen molar-refractivity contribution in [1.29, 1.82) is 0 Å². The van der Waals surface area contributed by atoms with E-state index in [0.717, 1.165) is 28.5 Å². The SMILES string of the molecule is COc1ccc(NC(=O)N2CCC3(CC2)CC(=O)N(Cc2ccncc2)c2cc(C)nn23)cc1. The number of likely N-dealkylation sites (tertiary alicyclic amines) is 1. The molecule has 0 saturated carbocycles. The van der Waals surface area contributed by atoms with Crippen LogP contribution in [0.2, 0.25) is 0 Å². The molecule has 0 radical (unpaired) electrons. The normalized spacial score (nSPS) is 16.9. The summed E-state index contributed by atoms with van der Waals surface area (Å²) in [7, 11) is 1.61. The van der Waals surface area contributed by atoms with Gasteiger partial charge in [0, 0.05) is 37.2 Å². The number of rotatable bonds is 4. The van der Waals surface area contributed by atoms with E-state index in [4.69, 9.17) is 9.84 Å². The molecule has 34 heavy (non-hydrogen) atoms. The molecule has 3 amide bonds. The smallest absolute Gasteiger partial charge is 0.321 e. The number of fused-ring (bicyclic) bond motifs is 2. The number of hydrogen-bond donors (Lipinski definition) is 1. The molecule has 5 rings (SSSR count). The summed E-state index contributed by atoms with van der Waals surface area (Å²) in [5.41, 5.74) is 2.21. The number of benzene rings is 1. The first-order chi connectivity index (χ1) is 16.5. The Hall–Kier alpha value is -3.88. The molecule has 4 heterocycles. The van der Waals surface area contributed by atoms with Gasteiger partial charge in [0.2, 0.25) is 5.91 Å². The summed E-state index contributed by atoms with van der Waals surface area (Å²) in [4.78, 5) is 33.8. The predicted molar refractivity (Wildman–Crippen MR) is 128 cm³/mol. The summed E-state index contributed by atoms with van der Waals surface area (Å²) in [5.74, 6) is 1.64. The number of nitrogens with one attached hydrogen (secondary N) is 1. The summed E-state index contributed by atoms with van der Waals surface area (Å²) in [6, 6.07) is 12.9. The average Bonchev–Trinajstić information content (AvgIpc) is 3.26. The molecule has 0 aliphatic carbocycles. The van der Waals surface area contributed by atoms with Crippen molar-refractivity contribution in [2.45, 2.75) is 38.3 Å². The molecule has 1 fully saturated rings. The number of piperidine rings is 1. The van der Waals surface area contributed by atoms with E-state index >= 15 is 0 Å². The molecule has 176 valence electrons. The Morgan fingerprint density at radius 3 is 2.50 bits per heavy atom. The second kappa shape index (κ2) is 8.81. The molecule has 2 aromatic heterocycles. The maximum atomic E-state index is 13.3. The Labute approximate surface area is 198 Å². The molecule has 0 atom stereocenters. The zero-order chi connectivity index (χ0) is 23.7. The second-order valence-corrected chi connectivity index (χ2v) is 8.94. The molecule has 2 aliphatic rings. The van der Waals surface area contributed by atoms with Gasteiger partial charge < -0.3 is 15.0 Å². The fourth-order valence-corrected chi connectivity index (χ4v) is 4.84. The largest absolute Gasteiger partial charge is 0.497 e. The van der Waals surface area contributed by atoms with E-state index < -0.39 is 5.54 Å². The molecule has 3 aromatic rings. The minimum absolute atomic E-state index is 0.0837. The summed E-state index contributed by atoms with van der Waals surface area (Å²) in [6.45, 7) is 3.54. The van der Waals surface area contributed by atoms with E-state index in [1.165, 1.54) is 0 Å². The lowest BCUT2D eigenvalue weighted by atomic mass is 9.82. The van der Waals surface area contributed by atoms with Crippen molar-refractivity contribution in [2.24, 2.45) is 0 Å². The monoisotopic (exact) mass is 460 g/mol. The van der Waals surface area contributed by atoms with E-state index in [1.54, 1.807) is 24.4 Å². The molecule has 1 saturated heterocycles. The fraction of sp³-hybridized carbons (Fsp3) is 0.360. The van der Waals surface area contributed by atoms with Crippen LogP contribution in [0.1, 0.15) is 30.5 Å². The van der Waals surface area contributed by atoms with Crippen molar-refractivity contribution in [3.63, 3.8) is 0 Å². The zero-order valence-corrected chi connectivity index (χ0v) is 19.4. The van der Waals surface area contributed by atoms with Gasteiger partial charge in [-0.3, -0.25) is 14.7 Å². The minimum Gasteiger partial charge on any atom is -0.497 e. The number of pyridine rings is 1. The van der Waals surface area contributed by atoms with E-state index in [9.17, 15) is 9.59 Å². The number of amides is 3. The van der Waals surface area contributed by atoms with E-state index in [0.29, 0.717) is 38.9 Å². The van der Waals surface area contributed by atoms with E-state index in [-0.39, 0.29) is 11.9 Å².